The summed E-state index contributed by atoms with van der Waals surface area (Å²) in [5.41, 5.74) is 11.0. The molecule has 0 spiro atoms. The number of primary amides is 1. The third-order valence-corrected chi connectivity index (χ3v) is 1.54. The van der Waals surface area contributed by atoms with E-state index in [1.165, 1.54) is 0 Å². The van der Waals surface area contributed by atoms with Crippen LogP contribution in [-0.2, 0) is 4.79 Å². The minimum atomic E-state index is -0.412. The van der Waals surface area contributed by atoms with Crippen LogP contribution in [0.15, 0.2) is 11.4 Å². The molecule has 0 radical (unpaired) electrons. The highest BCUT2D eigenvalue weighted by atomic mass is 16.1. The quantitative estimate of drug-likeness (QED) is 0.439. The molecular formula is C6H11N3O. The molecule has 0 saturated heterocycles. The molecule has 0 aliphatic carbocycles. The first-order valence-corrected chi connectivity index (χ1v) is 3.24. The van der Waals surface area contributed by atoms with Gasteiger partial charge in [-0.1, -0.05) is 0 Å². The number of hydrogen-bond acceptors (Lipinski definition) is 3. The number of rotatable bonds is 1. The molecule has 0 aromatic carbocycles. The van der Waals surface area contributed by atoms with Crippen LogP contribution in [0.1, 0.15) is 12.8 Å². The lowest BCUT2D eigenvalue weighted by atomic mass is 10.1. The molecule has 0 saturated carbocycles. The van der Waals surface area contributed by atoms with Crippen molar-refractivity contribution in [2.45, 2.75) is 12.8 Å². The molecule has 1 amide bonds. The first-order valence-electron chi connectivity index (χ1n) is 3.24. The van der Waals surface area contributed by atoms with Gasteiger partial charge in [-0.3, -0.25) is 4.79 Å². The molecule has 0 bridgehead atoms. The highest BCUT2D eigenvalue weighted by molar-refractivity contribution is 5.92. The predicted molar refractivity (Wildman–Crippen MR) is 37.6 cm³/mol. The Morgan fingerprint density at radius 3 is 2.70 bits per heavy atom. The average molecular weight is 141 g/mol. The number of nitrogens with one attached hydrogen (secondary N) is 1. The van der Waals surface area contributed by atoms with Crippen molar-refractivity contribution in [2.24, 2.45) is 11.5 Å². The van der Waals surface area contributed by atoms with Crippen LogP contribution in [0.2, 0.25) is 0 Å². The Bertz CT molecular complexity index is 185. The van der Waals surface area contributed by atoms with E-state index in [9.17, 15) is 4.79 Å². The van der Waals surface area contributed by atoms with Gasteiger partial charge in [-0.25, -0.2) is 0 Å². The van der Waals surface area contributed by atoms with Crippen LogP contribution >= 0.6 is 0 Å². The van der Waals surface area contributed by atoms with Gasteiger partial charge in [0.2, 0.25) is 5.91 Å². The van der Waals surface area contributed by atoms with Gasteiger partial charge in [0.15, 0.2) is 0 Å². The summed E-state index contributed by atoms with van der Waals surface area (Å²) in [4.78, 5) is 10.6. The Balaban J connectivity index is 2.78. The lowest BCUT2D eigenvalue weighted by Crippen LogP contribution is -2.32. The van der Waals surface area contributed by atoms with Crippen molar-refractivity contribution >= 4 is 5.91 Å². The third-order valence-electron chi connectivity index (χ3n) is 1.54. The van der Waals surface area contributed by atoms with E-state index in [4.69, 9.17) is 11.5 Å². The lowest BCUT2D eigenvalue weighted by Gasteiger charge is -2.16. The summed E-state index contributed by atoms with van der Waals surface area (Å²) in [5, 5.41) is 2.87. The second-order valence-corrected chi connectivity index (χ2v) is 2.29. The summed E-state index contributed by atoms with van der Waals surface area (Å²) in [6, 6.07) is 0. The summed E-state index contributed by atoms with van der Waals surface area (Å²) in [7, 11) is 0. The van der Waals surface area contributed by atoms with E-state index in [1.807, 2.05) is 0 Å². The summed E-state index contributed by atoms with van der Waals surface area (Å²) >= 11 is 0. The molecule has 56 valence electrons. The zero-order valence-corrected chi connectivity index (χ0v) is 5.68. The van der Waals surface area contributed by atoms with E-state index in [1.54, 1.807) is 0 Å². The van der Waals surface area contributed by atoms with Gasteiger partial charge in [-0.05, 0) is 12.8 Å². The average Bonchev–Trinajstić information content (AvgIpc) is 1.88. The summed E-state index contributed by atoms with van der Waals surface area (Å²) in [6.45, 7) is 0.836. The summed E-state index contributed by atoms with van der Waals surface area (Å²) in [6.07, 6.45) is 1.63. The molecule has 4 nitrogen and oxygen atoms in total. The molecule has 0 atom stereocenters. The molecule has 10 heavy (non-hydrogen) atoms. The molecule has 1 aliphatic heterocycles. The Kier molecular flexibility index (Phi) is 1.80. The Hall–Kier alpha value is -1.19. The fourth-order valence-corrected chi connectivity index (χ4v) is 0.986. The second-order valence-electron chi connectivity index (χ2n) is 2.29. The smallest absolute Gasteiger partial charge is 0.248 e. The van der Waals surface area contributed by atoms with Crippen molar-refractivity contribution < 1.29 is 4.79 Å². The molecule has 1 heterocycles. The van der Waals surface area contributed by atoms with E-state index >= 15 is 0 Å². The maximum atomic E-state index is 10.6. The maximum Gasteiger partial charge on any atom is 0.248 e. The zero-order valence-electron chi connectivity index (χ0n) is 5.68. The van der Waals surface area contributed by atoms with Gasteiger partial charge >= 0.3 is 0 Å². The van der Waals surface area contributed by atoms with Gasteiger partial charge in [0.1, 0.15) is 5.82 Å². The van der Waals surface area contributed by atoms with Crippen molar-refractivity contribution in [3.8, 4) is 0 Å². The van der Waals surface area contributed by atoms with Crippen LogP contribution in [0.3, 0.4) is 0 Å². The van der Waals surface area contributed by atoms with Crippen LogP contribution in [0.25, 0.3) is 0 Å². The fourth-order valence-electron chi connectivity index (χ4n) is 0.986. The first-order chi connectivity index (χ1) is 4.72. The van der Waals surface area contributed by atoms with Gasteiger partial charge in [0.05, 0.1) is 5.57 Å². The van der Waals surface area contributed by atoms with E-state index in [0.29, 0.717) is 17.8 Å². The zero-order chi connectivity index (χ0) is 7.56. The van der Waals surface area contributed by atoms with Gasteiger partial charge in [-0.15, -0.1) is 0 Å². The maximum absolute atomic E-state index is 10.6. The van der Waals surface area contributed by atoms with Crippen molar-refractivity contribution in [1.82, 2.24) is 5.32 Å². The monoisotopic (exact) mass is 141 g/mol. The van der Waals surface area contributed by atoms with Crippen LogP contribution < -0.4 is 16.8 Å². The fraction of sp³-hybridized carbons (Fsp3) is 0.500. The number of carbonyl (C=O) groups excluding carboxylic acids is 1. The minimum Gasteiger partial charge on any atom is -0.385 e. The number of hydrogen-bond donors (Lipinski definition) is 3. The Morgan fingerprint density at radius 1 is 1.60 bits per heavy atom. The second kappa shape index (κ2) is 2.60. The largest absolute Gasteiger partial charge is 0.385 e. The minimum absolute atomic E-state index is 0.412. The van der Waals surface area contributed by atoms with Crippen LogP contribution in [0.5, 0.6) is 0 Å². The molecule has 0 fully saturated rings. The number of carbonyl (C=O) groups is 1. The molecule has 0 aromatic heterocycles. The molecular weight excluding hydrogens is 130 g/mol. The van der Waals surface area contributed by atoms with Gasteiger partial charge in [-0.2, -0.15) is 0 Å². The number of amides is 1. The first kappa shape index (κ1) is 6.92. The van der Waals surface area contributed by atoms with Crippen molar-refractivity contribution in [2.75, 3.05) is 6.54 Å². The standard InChI is InChI=1S/C6H11N3O/c7-5-4(6(8)10)2-1-3-9-5/h9H,1-3,7H2,(H2,8,10). The van der Waals surface area contributed by atoms with E-state index in [2.05, 4.69) is 5.32 Å². The molecule has 0 aromatic rings. The predicted octanol–water partition coefficient (Wildman–Crippen LogP) is -0.975. The molecule has 1 rings (SSSR count). The Morgan fingerprint density at radius 2 is 2.30 bits per heavy atom. The van der Waals surface area contributed by atoms with E-state index in [-0.39, 0.29) is 0 Å². The molecule has 4 heteroatoms. The Labute approximate surface area is 59.3 Å². The van der Waals surface area contributed by atoms with Crippen LogP contribution in [0.4, 0.5) is 0 Å². The van der Waals surface area contributed by atoms with Crippen molar-refractivity contribution in [3.05, 3.63) is 11.4 Å². The van der Waals surface area contributed by atoms with Gasteiger partial charge in [0, 0.05) is 6.54 Å². The highest BCUT2D eigenvalue weighted by Crippen LogP contribution is 2.09. The number of nitrogens with two attached hydrogens (primary N) is 2. The van der Waals surface area contributed by atoms with Gasteiger partial charge in [0.25, 0.3) is 0 Å². The molecule has 1 aliphatic rings. The van der Waals surface area contributed by atoms with E-state index in [0.717, 1.165) is 13.0 Å². The lowest BCUT2D eigenvalue weighted by molar-refractivity contribution is -0.114. The van der Waals surface area contributed by atoms with E-state index < -0.39 is 5.91 Å². The highest BCUT2D eigenvalue weighted by Gasteiger charge is 2.13. The normalized spacial score (nSPS) is 18.4. The third kappa shape index (κ3) is 1.21. The van der Waals surface area contributed by atoms with Gasteiger partial charge < -0.3 is 16.8 Å². The van der Waals surface area contributed by atoms with Crippen molar-refractivity contribution in [3.63, 3.8) is 0 Å². The summed E-state index contributed by atoms with van der Waals surface area (Å²) < 4.78 is 0. The molecule has 0 unspecified atom stereocenters. The van der Waals surface area contributed by atoms with Crippen molar-refractivity contribution in [1.29, 1.82) is 0 Å². The van der Waals surface area contributed by atoms with Crippen LogP contribution in [-0.4, -0.2) is 12.5 Å². The topological polar surface area (TPSA) is 81.1 Å². The SMILES string of the molecule is NC(=O)C1=C(N)NCCC1. The van der Waals surface area contributed by atoms with Crippen LogP contribution in [0, 0.1) is 0 Å². The summed E-state index contributed by atoms with van der Waals surface area (Å²) in [5.74, 6) is 0.0310. The molecule has 5 N–H and O–H groups in total.